The molecule has 3 aromatic rings. The van der Waals surface area contributed by atoms with Crippen LogP contribution >= 0.6 is 0 Å². The van der Waals surface area contributed by atoms with E-state index in [1.54, 1.807) is 74.5 Å². The fourth-order valence-electron chi connectivity index (χ4n) is 2.78. The van der Waals surface area contributed by atoms with E-state index in [2.05, 4.69) is 25.0 Å². The van der Waals surface area contributed by atoms with Crippen LogP contribution in [0.5, 0.6) is 6.01 Å². The largest absolute Gasteiger partial charge is 0.440 e. The number of halogens is 6. The van der Waals surface area contributed by atoms with Gasteiger partial charge in [0.15, 0.2) is 0 Å². The summed E-state index contributed by atoms with van der Waals surface area (Å²) in [6, 6.07) is 15.7. The third kappa shape index (κ3) is 6.24. The Morgan fingerprint density at radius 2 is 1.24 bits per heavy atom. The van der Waals surface area contributed by atoms with E-state index < -0.39 is 24.5 Å². The van der Waals surface area contributed by atoms with E-state index in [0.29, 0.717) is 11.4 Å². The quantitative estimate of drug-likeness (QED) is 0.425. The normalized spacial score (nSPS) is 12.2. The van der Waals surface area contributed by atoms with Crippen LogP contribution in [0, 0.1) is 0 Å². The molecule has 0 radical (unpaired) electrons. The number of nitrogens with zero attached hydrogens (tertiary/aromatic N) is 4. The molecular formula is C21H19F6N5O. The first-order chi connectivity index (χ1) is 15.4. The molecule has 1 N–H and O–H groups in total. The van der Waals surface area contributed by atoms with Crippen LogP contribution in [-0.2, 0) is 0 Å². The van der Waals surface area contributed by atoms with E-state index in [1.807, 2.05) is 0 Å². The lowest BCUT2D eigenvalue weighted by molar-refractivity contribution is -0.301. The zero-order valence-electron chi connectivity index (χ0n) is 17.4. The Hall–Kier alpha value is -3.57. The zero-order valence-corrected chi connectivity index (χ0v) is 17.4. The van der Waals surface area contributed by atoms with Crippen LogP contribution < -0.4 is 15.0 Å². The first kappa shape index (κ1) is 24.1. The van der Waals surface area contributed by atoms with Gasteiger partial charge in [-0.2, -0.15) is 41.3 Å². The average molecular weight is 471 g/mol. The van der Waals surface area contributed by atoms with Crippen molar-refractivity contribution in [3.63, 3.8) is 0 Å². The Labute approximate surface area is 185 Å². The zero-order chi connectivity index (χ0) is 24.2. The van der Waals surface area contributed by atoms with Crippen LogP contribution in [0.25, 0.3) is 0 Å². The molecule has 0 saturated carbocycles. The summed E-state index contributed by atoms with van der Waals surface area (Å²) in [6.45, 7) is 3.40. The highest BCUT2D eigenvalue weighted by atomic mass is 19.4. The van der Waals surface area contributed by atoms with Gasteiger partial charge in [-0.1, -0.05) is 36.4 Å². The Bertz CT molecular complexity index is 991. The lowest BCUT2D eigenvalue weighted by atomic mass is 10.2. The number of benzene rings is 2. The maximum Gasteiger partial charge on any atom is 0.434 e. The van der Waals surface area contributed by atoms with Crippen molar-refractivity contribution in [3.05, 3.63) is 60.7 Å². The van der Waals surface area contributed by atoms with Gasteiger partial charge in [0, 0.05) is 17.4 Å². The van der Waals surface area contributed by atoms with Crippen molar-refractivity contribution in [3.8, 4) is 6.01 Å². The molecule has 0 aliphatic rings. The molecule has 0 bridgehead atoms. The number of hydrogen-bond donors (Lipinski definition) is 1. The summed E-state index contributed by atoms with van der Waals surface area (Å²) in [7, 11) is 0. The molecule has 3 rings (SSSR count). The van der Waals surface area contributed by atoms with Crippen LogP contribution in [0.4, 0.5) is 49.6 Å². The summed E-state index contributed by atoms with van der Waals surface area (Å²) in [5.41, 5.74) is 1.03. The Balaban J connectivity index is 2.15. The molecule has 33 heavy (non-hydrogen) atoms. The monoisotopic (exact) mass is 471 g/mol. The van der Waals surface area contributed by atoms with E-state index in [1.165, 1.54) is 4.90 Å². The van der Waals surface area contributed by atoms with Gasteiger partial charge >= 0.3 is 18.4 Å². The predicted molar refractivity (Wildman–Crippen MR) is 110 cm³/mol. The Kier molecular flexibility index (Phi) is 6.94. The van der Waals surface area contributed by atoms with E-state index in [0.717, 1.165) is 0 Å². The van der Waals surface area contributed by atoms with Crippen LogP contribution in [0.1, 0.15) is 13.8 Å². The minimum atomic E-state index is -5.73. The molecule has 0 spiro atoms. The SMILES string of the molecule is CC(C)Nc1nc(OC(C(F)(F)F)C(F)(F)F)nc(N(c2ccccc2)c2ccccc2)n1. The Morgan fingerprint density at radius 1 is 0.758 bits per heavy atom. The molecule has 0 amide bonds. The summed E-state index contributed by atoms with van der Waals surface area (Å²) in [5, 5.41) is 2.76. The van der Waals surface area contributed by atoms with E-state index in [9.17, 15) is 26.3 Å². The molecule has 12 heteroatoms. The minimum Gasteiger partial charge on any atom is -0.440 e. The molecule has 0 atom stereocenters. The highest BCUT2D eigenvalue weighted by molar-refractivity contribution is 5.72. The number of para-hydroxylation sites is 2. The molecule has 0 fully saturated rings. The molecule has 0 aliphatic carbocycles. The van der Waals surface area contributed by atoms with Crippen LogP contribution in [0.2, 0.25) is 0 Å². The molecule has 0 saturated heterocycles. The third-order valence-electron chi connectivity index (χ3n) is 4.07. The molecule has 0 aliphatic heterocycles. The number of aromatic nitrogens is 3. The fraction of sp³-hybridized carbons (Fsp3) is 0.286. The highest BCUT2D eigenvalue weighted by Crippen LogP contribution is 2.37. The van der Waals surface area contributed by atoms with Crippen LogP contribution in [0.3, 0.4) is 0 Å². The van der Waals surface area contributed by atoms with Gasteiger partial charge in [0.25, 0.3) is 6.10 Å². The second kappa shape index (κ2) is 9.51. The summed E-state index contributed by atoms with van der Waals surface area (Å²) in [5.74, 6) is -0.478. The van der Waals surface area contributed by atoms with E-state index >= 15 is 0 Å². The topological polar surface area (TPSA) is 63.2 Å². The van der Waals surface area contributed by atoms with Crippen molar-refractivity contribution in [2.24, 2.45) is 0 Å². The van der Waals surface area contributed by atoms with Gasteiger partial charge in [0.05, 0.1) is 0 Å². The van der Waals surface area contributed by atoms with Crippen molar-refractivity contribution < 1.29 is 31.1 Å². The molecule has 176 valence electrons. The number of alkyl halides is 6. The predicted octanol–water partition coefficient (Wildman–Crippen LogP) is 6.03. The molecule has 1 aromatic heterocycles. The average Bonchev–Trinajstić information content (AvgIpc) is 2.72. The van der Waals surface area contributed by atoms with E-state index in [4.69, 9.17) is 0 Å². The van der Waals surface area contributed by atoms with Crippen molar-refractivity contribution >= 4 is 23.3 Å². The third-order valence-corrected chi connectivity index (χ3v) is 4.07. The first-order valence-corrected chi connectivity index (χ1v) is 9.68. The minimum absolute atomic E-state index is 0.233. The summed E-state index contributed by atoms with van der Waals surface area (Å²) in [6.07, 6.45) is -15.6. The van der Waals surface area contributed by atoms with Crippen LogP contribution in [-0.4, -0.2) is 39.5 Å². The summed E-state index contributed by atoms with van der Waals surface area (Å²) in [4.78, 5) is 13.1. The second-order valence-corrected chi connectivity index (χ2v) is 7.13. The molecular weight excluding hydrogens is 452 g/mol. The van der Waals surface area contributed by atoms with Gasteiger partial charge in [-0.25, -0.2) is 0 Å². The van der Waals surface area contributed by atoms with Gasteiger partial charge in [-0.3, -0.25) is 4.90 Å². The van der Waals surface area contributed by atoms with Crippen molar-refractivity contribution in [1.29, 1.82) is 0 Å². The lowest BCUT2D eigenvalue weighted by Crippen LogP contribution is -2.47. The van der Waals surface area contributed by atoms with Crippen molar-refractivity contribution in [2.75, 3.05) is 10.2 Å². The molecule has 6 nitrogen and oxygen atoms in total. The maximum absolute atomic E-state index is 13.1. The van der Waals surface area contributed by atoms with E-state index in [-0.39, 0.29) is 17.9 Å². The number of anilines is 4. The number of rotatable bonds is 7. The molecule has 2 aromatic carbocycles. The summed E-state index contributed by atoms with van der Waals surface area (Å²) >= 11 is 0. The smallest absolute Gasteiger partial charge is 0.434 e. The van der Waals surface area contributed by atoms with Crippen LogP contribution in [0.15, 0.2) is 60.7 Å². The standard InChI is InChI=1S/C21H19F6N5O/c1-13(2)28-17-29-18(31-19(30-17)33-16(20(22,23)24)21(25,26)27)32(14-9-5-3-6-10-14)15-11-7-4-8-12-15/h3-13,16H,1-2H3,(H,28,29,30,31). The van der Waals surface area contributed by atoms with Gasteiger partial charge < -0.3 is 10.1 Å². The first-order valence-electron chi connectivity index (χ1n) is 9.68. The van der Waals surface area contributed by atoms with Crippen molar-refractivity contribution in [1.82, 2.24) is 15.0 Å². The number of ether oxygens (including phenoxy) is 1. The number of nitrogens with one attached hydrogen (secondary N) is 1. The maximum atomic E-state index is 13.1. The second-order valence-electron chi connectivity index (χ2n) is 7.13. The molecule has 0 unspecified atom stereocenters. The van der Waals surface area contributed by atoms with Crippen molar-refractivity contribution in [2.45, 2.75) is 38.3 Å². The summed E-state index contributed by atoms with van der Waals surface area (Å²) < 4.78 is 82.6. The molecule has 1 heterocycles. The van der Waals surface area contributed by atoms with Gasteiger partial charge in [-0.15, -0.1) is 0 Å². The fourth-order valence-corrected chi connectivity index (χ4v) is 2.78. The van der Waals surface area contributed by atoms with Gasteiger partial charge in [-0.05, 0) is 38.1 Å². The number of hydrogen-bond acceptors (Lipinski definition) is 6. The van der Waals surface area contributed by atoms with Gasteiger partial charge in [0.2, 0.25) is 11.9 Å². The van der Waals surface area contributed by atoms with Gasteiger partial charge in [0.1, 0.15) is 0 Å². The lowest BCUT2D eigenvalue weighted by Gasteiger charge is -2.25. The highest BCUT2D eigenvalue weighted by Gasteiger charge is 2.59. The Morgan fingerprint density at radius 3 is 1.67 bits per heavy atom.